The van der Waals surface area contributed by atoms with E-state index < -0.39 is 24.0 Å². The van der Waals surface area contributed by atoms with Crippen molar-refractivity contribution in [1.82, 2.24) is 20.6 Å². The lowest BCUT2D eigenvalue weighted by molar-refractivity contribution is -0.144. The highest BCUT2D eigenvalue weighted by Crippen LogP contribution is 2.34. The molecule has 0 unspecified atom stereocenters. The van der Waals surface area contributed by atoms with Gasteiger partial charge in [-0.25, -0.2) is 9.97 Å². The van der Waals surface area contributed by atoms with Gasteiger partial charge in [0.25, 0.3) is 0 Å². The number of carboxylic acids is 1. The van der Waals surface area contributed by atoms with Crippen molar-refractivity contribution in [2.45, 2.75) is 63.6 Å². The van der Waals surface area contributed by atoms with Crippen LogP contribution >= 0.6 is 0 Å². The topological polar surface area (TPSA) is 171 Å². The summed E-state index contributed by atoms with van der Waals surface area (Å²) in [4.78, 5) is 39.1. The van der Waals surface area contributed by atoms with Crippen molar-refractivity contribution in [3.63, 3.8) is 0 Å². The molecule has 2 saturated heterocycles. The summed E-state index contributed by atoms with van der Waals surface area (Å²) in [6, 6.07) is 9.97. The number of anilines is 2. The maximum atomic E-state index is 13.8. The highest BCUT2D eigenvalue weighted by molar-refractivity contribution is 5.87. The molecular weight excluding hydrogens is 603 g/mol. The third kappa shape index (κ3) is 9.54. The van der Waals surface area contributed by atoms with Crippen molar-refractivity contribution in [1.29, 1.82) is 10.5 Å². The van der Waals surface area contributed by atoms with Gasteiger partial charge < -0.3 is 20.2 Å². The van der Waals surface area contributed by atoms with Gasteiger partial charge in [-0.15, -0.1) is 0 Å². The molecule has 46 heavy (non-hydrogen) atoms. The van der Waals surface area contributed by atoms with Crippen LogP contribution in [0.3, 0.4) is 0 Å². The summed E-state index contributed by atoms with van der Waals surface area (Å²) in [5.74, 6) is -1.50. The number of aromatic nitrogens is 2. The number of carboxylic acid groups (broad SMARTS) is 1. The Bertz CT molecular complexity index is 1480. The largest absolute Gasteiger partial charge is 0.481 e. The van der Waals surface area contributed by atoms with Crippen molar-refractivity contribution in [3.8, 4) is 12.3 Å². The van der Waals surface area contributed by atoms with E-state index in [1.807, 2.05) is 18.3 Å². The van der Waals surface area contributed by atoms with E-state index >= 15 is 0 Å². The van der Waals surface area contributed by atoms with Crippen molar-refractivity contribution in [2.24, 2.45) is 10.9 Å². The molecule has 1 aromatic carbocycles. The van der Waals surface area contributed by atoms with Crippen LogP contribution < -0.4 is 20.4 Å². The van der Waals surface area contributed by atoms with E-state index in [0.29, 0.717) is 82.6 Å². The van der Waals surface area contributed by atoms with Crippen LogP contribution in [0.25, 0.3) is 0 Å². The molecule has 0 bridgehead atoms. The monoisotopic (exact) mass is 639 g/mol. The van der Waals surface area contributed by atoms with E-state index in [2.05, 4.69) is 31.7 Å². The SMILES string of the molecule is N#CNC(CCCC(=O)O)=NCCC1CCN(c2cc(N3CC[C@H]3C(=O)NCCc3ccc(C#N)cc3)nc(C(F)(F)F)n2)CC1. The number of nitriles is 2. The van der Waals surface area contributed by atoms with Crippen LogP contribution in [-0.4, -0.2) is 71.6 Å². The van der Waals surface area contributed by atoms with Crippen LogP contribution in [-0.2, 0) is 22.2 Å². The number of alkyl halides is 3. The fourth-order valence-electron chi connectivity index (χ4n) is 5.47. The molecule has 2 aliphatic rings. The van der Waals surface area contributed by atoms with E-state index in [1.165, 1.54) is 6.07 Å². The average molecular weight is 640 g/mol. The number of benzene rings is 1. The van der Waals surface area contributed by atoms with Crippen molar-refractivity contribution in [3.05, 3.63) is 47.3 Å². The molecule has 1 atom stereocenters. The Morgan fingerprint density at radius 1 is 1.04 bits per heavy atom. The molecule has 0 spiro atoms. The maximum Gasteiger partial charge on any atom is 0.451 e. The number of hydrogen-bond acceptors (Lipinski definition) is 9. The summed E-state index contributed by atoms with van der Waals surface area (Å²) in [6.45, 7) is 2.16. The van der Waals surface area contributed by atoms with Crippen molar-refractivity contribution >= 4 is 29.3 Å². The minimum atomic E-state index is -4.76. The number of carbonyl (C=O) groups is 2. The summed E-state index contributed by atoms with van der Waals surface area (Å²) < 4.78 is 41.5. The van der Waals surface area contributed by atoms with Gasteiger partial charge in [-0.05, 0) is 62.1 Å². The number of rotatable bonds is 13. The first-order chi connectivity index (χ1) is 22.1. The summed E-state index contributed by atoms with van der Waals surface area (Å²) in [5, 5.41) is 32.0. The number of nitrogens with one attached hydrogen (secondary N) is 2. The minimum Gasteiger partial charge on any atom is -0.481 e. The first-order valence-electron chi connectivity index (χ1n) is 15.2. The Morgan fingerprint density at radius 2 is 1.76 bits per heavy atom. The molecule has 2 fully saturated rings. The second-order valence-electron chi connectivity index (χ2n) is 11.3. The second kappa shape index (κ2) is 15.9. The second-order valence-corrected chi connectivity index (χ2v) is 11.3. The molecule has 3 heterocycles. The number of nitrogens with zero attached hydrogens (tertiary/aromatic N) is 7. The first kappa shape index (κ1) is 34.0. The number of halogens is 3. The number of aliphatic carboxylic acids is 1. The van der Waals surface area contributed by atoms with Crippen molar-refractivity contribution < 1.29 is 27.9 Å². The third-order valence-corrected chi connectivity index (χ3v) is 8.15. The van der Waals surface area contributed by atoms with Gasteiger partial charge in [-0.1, -0.05) is 12.1 Å². The van der Waals surface area contributed by atoms with E-state index in [4.69, 9.17) is 15.6 Å². The lowest BCUT2D eigenvalue weighted by Crippen LogP contribution is -2.57. The zero-order valence-electron chi connectivity index (χ0n) is 25.3. The molecule has 0 saturated carbocycles. The van der Waals surface area contributed by atoms with Gasteiger partial charge in [0.1, 0.15) is 23.5 Å². The van der Waals surface area contributed by atoms with Crippen LogP contribution in [0.1, 0.15) is 61.9 Å². The van der Waals surface area contributed by atoms with Crippen LogP contribution in [0, 0.1) is 28.7 Å². The first-order valence-corrected chi connectivity index (χ1v) is 15.2. The lowest BCUT2D eigenvalue weighted by Gasteiger charge is -2.41. The number of piperidine rings is 1. The molecule has 244 valence electrons. The molecule has 3 N–H and O–H groups in total. The minimum absolute atomic E-state index is 0.0158. The van der Waals surface area contributed by atoms with E-state index in [0.717, 1.165) is 12.0 Å². The Morgan fingerprint density at radius 3 is 2.37 bits per heavy atom. The highest BCUT2D eigenvalue weighted by atomic mass is 19.4. The highest BCUT2D eigenvalue weighted by Gasteiger charge is 2.40. The van der Waals surface area contributed by atoms with Gasteiger partial charge >= 0.3 is 12.1 Å². The summed E-state index contributed by atoms with van der Waals surface area (Å²) in [6.07, 6.45) is 0.953. The van der Waals surface area contributed by atoms with Crippen molar-refractivity contribution in [2.75, 3.05) is 42.5 Å². The molecule has 1 aromatic heterocycles. The fourth-order valence-corrected chi connectivity index (χ4v) is 5.47. The van der Waals surface area contributed by atoms with E-state index in [-0.39, 0.29) is 29.9 Å². The van der Waals surface area contributed by atoms with Gasteiger partial charge in [0.05, 0.1) is 11.6 Å². The van der Waals surface area contributed by atoms with Crippen LogP contribution in [0.5, 0.6) is 0 Å². The standard InChI is InChI=1S/C31H36F3N9O3/c32-31(33,34)30-40-26(42-15-10-22(11-16-42)8-13-37-25(39-20-36)2-1-3-28(44)45)18-27(41-30)43-17-12-24(43)29(46)38-14-9-21-4-6-23(19-35)7-5-21/h4-7,18,22,24H,1-3,8-17H2,(H,37,39)(H,38,46)(H,44,45)/t24-/m0/s1. The smallest absolute Gasteiger partial charge is 0.451 e. The molecule has 2 aromatic rings. The molecule has 2 aliphatic heterocycles. The van der Waals surface area contributed by atoms with Gasteiger partial charge in [0.2, 0.25) is 11.7 Å². The maximum absolute atomic E-state index is 13.8. The number of hydrogen-bond donors (Lipinski definition) is 3. The zero-order chi connectivity index (χ0) is 33.1. The van der Waals surface area contributed by atoms with E-state index in [9.17, 15) is 22.8 Å². The normalized spacial score (nSPS) is 17.1. The molecule has 0 radical (unpaired) electrons. The molecular formula is C31H36F3N9O3. The van der Waals surface area contributed by atoms with Gasteiger partial charge in [0, 0.05) is 51.6 Å². The average Bonchev–Trinajstić information content (AvgIpc) is 3.00. The Kier molecular flexibility index (Phi) is 11.7. The van der Waals surface area contributed by atoms with Crippen LogP contribution in [0.2, 0.25) is 0 Å². The molecule has 4 rings (SSSR count). The Hall–Kier alpha value is -4.92. The number of amides is 1. The van der Waals surface area contributed by atoms with Crippen LogP contribution in [0.15, 0.2) is 35.3 Å². The Labute approximate surface area is 264 Å². The summed E-state index contributed by atoms with van der Waals surface area (Å²) >= 11 is 0. The third-order valence-electron chi connectivity index (χ3n) is 8.15. The summed E-state index contributed by atoms with van der Waals surface area (Å²) in [7, 11) is 0. The van der Waals surface area contributed by atoms with Gasteiger partial charge in [-0.3, -0.25) is 19.9 Å². The summed E-state index contributed by atoms with van der Waals surface area (Å²) in [5.41, 5.74) is 1.49. The molecule has 12 nitrogen and oxygen atoms in total. The molecule has 1 amide bonds. The number of aliphatic imine (C=N–C) groups is 1. The van der Waals surface area contributed by atoms with Gasteiger partial charge in [0.15, 0.2) is 6.19 Å². The molecule has 15 heteroatoms. The van der Waals surface area contributed by atoms with E-state index in [1.54, 1.807) is 21.9 Å². The lowest BCUT2D eigenvalue weighted by atomic mass is 9.93. The zero-order valence-corrected chi connectivity index (χ0v) is 25.3. The predicted octanol–water partition coefficient (Wildman–Crippen LogP) is 3.64. The quantitative estimate of drug-likeness (QED) is 0.127. The number of carbonyl (C=O) groups excluding carboxylic acids is 1. The van der Waals surface area contributed by atoms with Gasteiger partial charge in [-0.2, -0.15) is 23.7 Å². The Balaban J connectivity index is 1.33. The molecule has 0 aliphatic carbocycles. The van der Waals surface area contributed by atoms with Crippen LogP contribution in [0.4, 0.5) is 24.8 Å². The number of amidine groups is 1. The predicted molar refractivity (Wildman–Crippen MR) is 163 cm³/mol. The fraction of sp³-hybridized carbons (Fsp3) is 0.516.